The summed E-state index contributed by atoms with van der Waals surface area (Å²) in [7, 11) is 1.52. The van der Waals surface area contributed by atoms with Gasteiger partial charge < -0.3 is 15.4 Å². The fraction of sp³-hybridized carbons (Fsp3) is 0.400. The standard InChI is InChI=1S/C15H19N3O4/c1-8-4-5-12(22-3)11(6-8)17-13(19)7-10-9(2)16-15(21)18-14(10)20/h4-6,9-10H,7H2,1-3H3,(H,17,19)(H2,16,18,20,21). The lowest BCUT2D eigenvalue weighted by Gasteiger charge is -2.28. The van der Waals surface area contributed by atoms with Gasteiger partial charge in [-0.2, -0.15) is 0 Å². The van der Waals surface area contributed by atoms with Crippen LogP contribution in [-0.4, -0.2) is 31.0 Å². The van der Waals surface area contributed by atoms with Crippen LogP contribution in [-0.2, 0) is 9.59 Å². The molecule has 0 bridgehead atoms. The summed E-state index contributed by atoms with van der Waals surface area (Å²) in [5.41, 5.74) is 1.53. The molecule has 118 valence electrons. The second-order valence-electron chi connectivity index (χ2n) is 5.31. The van der Waals surface area contributed by atoms with Crippen molar-refractivity contribution in [3.63, 3.8) is 0 Å². The van der Waals surface area contributed by atoms with E-state index in [-0.39, 0.29) is 12.3 Å². The first-order valence-electron chi connectivity index (χ1n) is 6.96. The first-order valence-corrected chi connectivity index (χ1v) is 6.96. The number of ether oxygens (including phenoxy) is 1. The fourth-order valence-electron chi connectivity index (χ4n) is 2.37. The molecule has 0 aromatic heterocycles. The molecule has 22 heavy (non-hydrogen) atoms. The van der Waals surface area contributed by atoms with Gasteiger partial charge in [-0.1, -0.05) is 6.07 Å². The van der Waals surface area contributed by atoms with Gasteiger partial charge in [-0.05, 0) is 31.5 Å². The summed E-state index contributed by atoms with van der Waals surface area (Å²) in [6, 6.07) is 4.51. The highest BCUT2D eigenvalue weighted by atomic mass is 16.5. The van der Waals surface area contributed by atoms with Crippen molar-refractivity contribution >= 4 is 23.5 Å². The van der Waals surface area contributed by atoms with Crippen LogP contribution in [0.5, 0.6) is 5.75 Å². The van der Waals surface area contributed by atoms with E-state index in [1.807, 2.05) is 13.0 Å². The maximum Gasteiger partial charge on any atom is 0.321 e. The molecule has 1 fully saturated rings. The minimum Gasteiger partial charge on any atom is -0.495 e. The molecule has 1 aromatic rings. The average Bonchev–Trinajstić information content (AvgIpc) is 2.43. The molecule has 0 radical (unpaired) electrons. The zero-order chi connectivity index (χ0) is 16.3. The van der Waals surface area contributed by atoms with Crippen LogP contribution in [0.1, 0.15) is 18.9 Å². The third-order valence-electron chi connectivity index (χ3n) is 3.57. The lowest BCUT2D eigenvalue weighted by Crippen LogP contribution is -2.57. The minimum atomic E-state index is -0.603. The van der Waals surface area contributed by atoms with Gasteiger partial charge in [0.15, 0.2) is 0 Å². The molecule has 0 spiro atoms. The van der Waals surface area contributed by atoms with Crippen LogP contribution in [0.3, 0.4) is 0 Å². The Morgan fingerprint density at radius 1 is 1.36 bits per heavy atom. The van der Waals surface area contributed by atoms with E-state index >= 15 is 0 Å². The molecule has 4 amide bonds. The van der Waals surface area contributed by atoms with E-state index in [0.29, 0.717) is 11.4 Å². The highest BCUT2D eigenvalue weighted by Gasteiger charge is 2.34. The van der Waals surface area contributed by atoms with Gasteiger partial charge in [0.2, 0.25) is 11.8 Å². The van der Waals surface area contributed by atoms with Gasteiger partial charge in [0.25, 0.3) is 0 Å². The molecule has 7 heteroatoms. The SMILES string of the molecule is COc1ccc(C)cc1NC(=O)CC1C(=O)NC(=O)NC1C. The summed E-state index contributed by atoms with van der Waals surface area (Å²) in [5.74, 6) is -0.809. The lowest BCUT2D eigenvalue weighted by molar-refractivity contribution is -0.129. The summed E-state index contributed by atoms with van der Waals surface area (Å²) in [5, 5.41) is 7.50. The predicted molar refractivity (Wildman–Crippen MR) is 80.6 cm³/mol. The number of hydrogen-bond donors (Lipinski definition) is 3. The molecule has 1 heterocycles. The van der Waals surface area contributed by atoms with Gasteiger partial charge in [0.05, 0.1) is 18.7 Å². The van der Waals surface area contributed by atoms with Crippen LogP contribution < -0.4 is 20.7 Å². The van der Waals surface area contributed by atoms with Crippen molar-refractivity contribution in [2.75, 3.05) is 12.4 Å². The summed E-state index contributed by atoms with van der Waals surface area (Å²) in [4.78, 5) is 35.1. The molecule has 1 aromatic carbocycles. The highest BCUT2D eigenvalue weighted by Crippen LogP contribution is 2.26. The molecule has 2 unspecified atom stereocenters. The number of imide groups is 1. The van der Waals surface area contributed by atoms with Gasteiger partial charge in [-0.25, -0.2) is 4.79 Å². The van der Waals surface area contributed by atoms with Crippen molar-refractivity contribution in [1.82, 2.24) is 10.6 Å². The predicted octanol–water partition coefficient (Wildman–Crippen LogP) is 1.18. The Hall–Kier alpha value is -2.57. The number of carbonyl (C=O) groups excluding carboxylic acids is 3. The van der Waals surface area contributed by atoms with Crippen LogP contribution in [0.15, 0.2) is 18.2 Å². The molecular weight excluding hydrogens is 286 g/mol. The summed E-state index contributed by atoms with van der Waals surface area (Å²) >= 11 is 0. The topological polar surface area (TPSA) is 96.5 Å². The van der Waals surface area contributed by atoms with Gasteiger partial charge >= 0.3 is 6.03 Å². The Morgan fingerprint density at radius 3 is 2.73 bits per heavy atom. The third kappa shape index (κ3) is 3.55. The Morgan fingerprint density at radius 2 is 2.09 bits per heavy atom. The van der Waals surface area contributed by atoms with Crippen LogP contribution in [0.4, 0.5) is 10.5 Å². The molecule has 0 saturated carbocycles. The number of benzene rings is 1. The first kappa shape index (κ1) is 15.8. The van der Waals surface area contributed by atoms with E-state index in [9.17, 15) is 14.4 Å². The Balaban J connectivity index is 2.05. The van der Waals surface area contributed by atoms with Gasteiger partial charge in [0.1, 0.15) is 5.75 Å². The average molecular weight is 305 g/mol. The smallest absolute Gasteiger partial charge is 0.321 e. The molecule has 0 aliphatic carbocycles. The van der Waals surface area contributed by atoms with Crippen molar-refractivity contribution in [2.24, 2.45) is 5.92 Å². The second kappa shape index (κ2) is 6.46. The van der Waals surface area contributed by atoms with Crippen LogP contribution in [0.25, 0.3) is 0 Å². The van der Waals surface area contributed by atoms with E-state index in [2.05, 4.69) is 16.0 Å². The molecule has 3 N–H and O–H groups in total. The molecular formula is C15H19N3O4. The molecule has 1 aliphatic heterocycles. The van der Waals surface area contributed by atoms with E-state index in [1.54, 1.807) is 19.1 Å². The lowest BCUT2D eigenvalue weighted by atomic mass is 9.94. The normalized spacial score (nSPS) is 20.9. The summed E-state index contributed by atoms with van der Waals surface area (Å²) in [6.07, 6.45) is -0.0234. The van der Waals surface area contributed by atoms with E-state index < -0.39 is 23.9 Å². The maximum atomic E-state index is 12.2. The number of amides is 4. The summed E-state index contributed by atoms with van der Waals surface area (Å²) < 4.78 is 5.20. The minimum absolute atomic E-state index is 0.0234. The Labute approximate surface area is 128 Å². The second-order valence-corrected chi connectivity index (χ2v) is 5.31. The Kier molecular flexibility index (Phi) is 4.65. The molecule has 1 saturated heterocycles. The van der Waals surface area contributed by atoms with Crippen molar-refractivity contribution in [3.8, 4) is 5.75 Å². The number of rotatable bonds is 4. The first-order chi connectivity index (χ1) is 10.4. The zero-order valence-corrected chi connectivity index (χ0v) is 12.7. The number of nitrogens with one attached hydrogen (secondary N) is 3. The maximum absolute atomic E-state index is 12.2. The number of carbonyl (C=O) groups is 3. The van der Waals surface area contributed by atoms with Crippen LogP contribution in [0.2, 0.25) is 0 Å². The van der Waals surface area contributed by atoms with Crippen molar-refractivity contribution < 1.29 is 19.1 Å². The number of urea groups is 1. The molecule has 2 atom stereocenters. The van der Waals surface area contributed by atoms with Crippen molar-refractivity contribution in [1.29, 1.82) is 0 Å². The molecule has 7 nitrogen and oxygen atoms in total. The van der Waals surface area contributed by atoms with E-state index in [0.717, 1.165) is 5.56 Å². The summed E-state index contributed by atoms with van der Waals surface area (Å²) in [6.45, 7) is 3.60. The fourth-order valence-corrected chi connectivity index (χ4v) is 2.37. The molecule has 2 rings (SSSR count). The van der Waals surface area contributed by atoms with Crippen LogP contribution in [0, 0.1) is 12.8 Å². The number of methoxy groups -OCH3 is 1. The van der Waals surface area contributed by atoms with Crippen molar-refractivity contribution in [3.05, 3.63) is 23.8 Å². The van der Waals surface area contributed by atoms with Gasteiger partial charge in [0, 0.05) is 12.5 Å². The Bertz CT molecular complexity index is 615. The van der Waals surface area contributed by atoms with Gasteiger partial charge in [-0.15, -0.1) is 0 Å². The van der Waals surface area contributed by atoms with Crippen molar-refractivity contribution in [2.45, 2.75) is 26.3 Å². The van der Waals surface area contributed by atoms with Crippen LogP contribution >= 0.6 is 0 Å². The molecule has 1 aliphatic rings. The van der Waals surface area contributed by atoms with Gasteiger partial charge in [-0.3, -0.25) is 14.9 Å². The number of aryl methyl sites for hydroxylation is 1. The monoisotopic (exact) mass is 305 g/mol. The third-order valence-corrected chi connectivity index (χ3v) is 3.57. The zero-order valence-electron chi connectivity index (χ0n) is 12.7. The number of anilines is 1. The van der Waals surface area contributed by atoms with E-state index in [4.69, 9.17) is 4.74 Å². The largest absolute Gasteiger partial charge is 0.495 e. The quantitative estimate of drug-likeness (QED) is 0.778. The number of hydrogen-bond acceptors (Lipinski definition) is 4. The van der Waals surface area contributed by atoms with E-state index in [1.165, 1.54) is 7.11 Å². The highest BCUT2D eigenvalue weighted by molar-refractivity contribution is 6.01.